The molecule has 0 heterocycles. The zero-order valence-corrected chi connectivity index (χ0v) is 8.90. The Bertz CT molecular complexity index is 487. The van der Waals surface area contributed by atoms with Crippen molar-refractivity contribution >= 4 is 6.08 Å². The van der Waals surface area contributed by atoms with E-state index in [1.165, 1.54) is 22.3 Å². The van der Waals surface area contributed by atoms with Crippen LogP contribution in [0.25, 0.3) is 6.08 Å². The van der Waals surface area contributed by atoms with Crippen molar-refractivity contribution in [3.05, 3.63) is 64.8 Å². The van der Waals surface area contributed by atoms with E-state index in [1.54, 1.807) is 0 Å². The van der Waals surface area contributed by atoms with Crippen LogP contribution in [-0.4, -0.2) is 0 Å². The maximum Gasteiger partial charge on any atom is 0.00621 e. The number of allylic oxidation sites excluding steroid dienone is 5. The van der Waals surface area contributed by atoms with Crippen molar-refractivity contribution in [1.82, 2.24) is 0 Å². The molecule has 15 heavy (non-hydrogen) atoms. The molecule has 0 aromatic heterocycles. The molecule has 0 heteroatoms. The highest BCUT2D eigenvalue weighted by atomic mass is 14.2. The van der Waals surface area contributed by atoms with Gasteiger partial charge in [-0.25, -0.2) is 0 Å². The van der Waals surface area contributed by atoms with Gasteiger partial charge in [0.1, 0.15) is 0 Å². The fourth-order valence-electron chi connectivity index (χ4n) is 2.41. The Hall–Kier alpha value is -1.56. The van der Waals surface area contributed by atoms with Gasteiger partial charge in [-0.2, -0.15) is 0 Å². The van der Waals surface area contributed by atoms with Gasteiger partial charge in [0.2, 0.25) is 0 Å². The molecule has 3 rings (SSSR count). The van der Waals surface area contributed by atoms with Crippen molar-refractivity contribution in [1.29, 1.82) is 0 Å². The first-order valence-corrected chi connectivity index (χ1v) is 5.49. The summed E-state index contributed by atoms with van der Waals surface area (Å²) in [5.41, 5.74) is 5.69. The molecule has 0 aliphatic heterocycles. The van der Waals surface area contributed by atoms with E-state index in [0.29, 0.717) is 5.92 Å². The third kappa shape index (κ3) is 1.46. The van der Waals surface area contributed by atoms with Crippen LogP contribution in [0, 0.1) is 5.92 Å². The Kier molecular flexibility index (Phi) is 1.88. The third-order valence-corrected chi connectivity index (χ3v) is 3.23. The van der Waals surface area contributed by atoms with Gasteiger partial charge in [-0.15, -0.1) is 0 Å². The van der Waals surface area contributed by atoms with Crippen LogP contribution in [0.2, 0.25) is 0 Å². The monoisotopic (exact) mass is 194 g/mol. The fraction of sp³-hybridized carbons (Fsp3) is 0.200. The first-order valence-electron chi connectivity index (χ1n) is 5.49. The smallest absolute Gasteiger partial charge is 0.00621 e. The highest BCUT2D eigenvalue weighted by Crippen LogP contribution is 2.33. The van der Waals surface area contributed by atoms with E-state index in [4.69, 9.17) is 0 Å². The van der Waals surface area contributed by atoms with E-state index in [-0.39, 0.29) is 0 Å². The molecular weight excluding hydrogens is 180 g/mol. The second kappa shape index (κ2) is 3.23. The van der Waals surface area contributed by atoms with Crippen LogP contribution in [0.3, 0.4) is 0 Å². The molecule has 1 unspecified atom stereocenters. The quantitative estimate of drug-likeness (QED) is 0.590. The Balaban J connectivity index is 2.11. The molecule has 1 aromatic rings. The Morgan fingerprint density at radius 2 is 2.00 bits per heavy atom. The summed E-state index contributed by atoms with van der Waals surface area (Å²) in [5, 5.41) is 0. The topological polar surface area (TPSA) is 0 Å². The third-order valence-electron chi connectivity index (χ3n) is 3.23. The normalized spacial score (nSPS) is 22.6. The van der Waals surface area contributed by atoms with E-state index >= 15 is 0 Å². The lowest BCUT2D eigenvalue weighted by Crippen LogP contribution is -2.12. The summed E-state index contributed by atoms with van der Waals surface area (Å²) in [6.45, 7) is 2.16. The van der Waals surface area contributed by atoms with Crippen LogP contribution in [0.5, 0.6) is 0 Å². The number of rotatable bonds is 0. The molecule has 2 aliphatic carbocycles. The minimum atomic E-state index is 0.601. The lowest BCUT2D eigenvalue weighted by Gasteiger charge is -2.24. The van der Waals surface area contributed by atoms with Crippen LogP contribution in [-0.2, 0) is 6.42 Å². The van der Waals surface area contributed by atoms with E-state index in [0.717, 1.165) is 6.42 Å². The number of hydrogen-bond donors (Lipinski definition) is 0. The summed E-state index contributed by atoms with van der Waals surface area (Å²) < 4.78 is 0. The molecule has 74 valence electrons. The number of fused-ring (bicyclic) bond motifs is 2. The van der Waals surface area contributed by atoms with Gasteiger partial charge >= 0.3 is 0 Å². The average molecular weight is 194 g/mol. The lowest BCUT2D eigenvalue weighted by atomic mass is 9.80. The first kappa shape index (κ1) is 8.72. The Morgan fingerprint density at radius 1 is 1.13 bits per heavy atom. The van der Waals surface area contributed by atoms with Crippen molar-refractivity contribution in [2.45, 2.75) is 13.3 Å². The summed E-state index contributed by atoms with van der Waals surface area (Å²) in [7, 11) is 0. The summed E-state index contributed by atoms with van der Waals surface area (Å²) in [5.74, 6) is 0.601. The minimum Gasteiger partial charge on any atom is -0.0764 e. The molecule has 0 spiro atoms. The molecule has 0 fully saturated rings. The molecule has 0 radical (unpaired) electrons. The molecule has 0 bridgehead atoms. The molecule has 0 saturated heterocycles. The van der Waals surface area contributed by atoms with Crippen molar-refractivity contribution in [3.63, 3.8) is 0 Å². The van der Waals surface area contributed by atoms with Gasteiger partial charge in [-0.1, -0.05) is 54.1 Å². The zero-order valence-electron chi connectivity index (χ0n) is 8.90. The van der Waals surface area contributed by atoms with Crippen LogP contribution in [0.4, 0.5) is 0 Å². The molecular formula is C15H14. The predicted octanol–water partition coefficient (Wildman–Crippen LogP) is 3.76. The summed E-state index contributed by atoms with van der Waals surface area (Å²) >= 11 is 0. The van der Waals surface area contributed by atoms with E-state index in [9.17, 15) is 0 Å². The standard InChI is InChI=1S/C15H14/c1-11-6-7-14-9-12-4-2-3-5-13(12)10-15(14)8-11/h2-8,10,14H,9H2,1H3. The molecule has 0 nitrogen and oxygen atoms in total. The van der Waals surface area contributed by atoms with Crippen LogP contribution >= 0.6 is 0 Å². The van der Waals surface area contributed by atoms with Gasteiger partial charge in [-0.05, 0) is 30.0 Å². The SMILES string of the molecule is CC1=CC2=Cc3ccccc3CC2C=C1. The van der Waals surface area contributed by atoms with Crippen molar-refractivity contribution < 1.29 is 0 Å². The second-order valence-electron chi connectivity index (χ2n) is 4.40. The molecule has 0 amide bonds. The van der Waals surface area contributed by atoms with Gasteiger partial charge in [-0.3, -0.25) is 0 Å². The predicted molar refractivity (Wildman–Crippen MR) is 64.5 cm³/mol. The van der Waals surface area contributed by atoms with E-state index in [1.807, 2.05) is 0 Å². The van der Waals surface area contributed by atoms with Gasteiger partial charge in [0.05, 0.1) is 0 Å². The molecule has 2 aliphatic rings. The fourth-order valence-corrected chi connectivity index (χ4v) is 2.41. The van der Waals surface area contributed by atoms with Crippen LogP contribution in [0.15, 0.2) is 53.6 Å². The summed E-state index contributed by atoms with van der Waals surface area (Å²) in [6.07, 6.45) is 10.4. The van der Waals surface area contributed by atoms with Gasteiger partial charge < -0.3 is 0 Å². The minimum absolute atomic E-state index is 0.601. The van der Waals surface area contributed by atoms with Gasteiger partial charge in [0.15, 0.2) is 0 Å². The lowest BCUT2D eigenvalue weighted by molar-refractivity contribution is 0.755. The van der Waals surface area contributed by atoms with Crippen molar-refractivity contribution in [3.8, 4) is 0 Å². The summed E-state index contributed by atoms with van der Waals surface area (Å²) in [4.78, 5) is 0. The Morgan fingerprint density at radius 3 is 2.93 bits per heavy atom. The highest BCUT2D eigenvalue weighted by molar-refractivity contribution is 5.65. The largest absolute Gasteiger partial charge is 0.0764 e. The second-order valence-corrected chi connectivity index (χ2v) is 4.40. The first-order chi connectivity index (χ1) is 7.33. The van der Waals surface area contributed by atoms with Crippen LogP contribution < -0.4 is 0 Å². The van der Waals surface area contributed by atoms with Gasteiger partial charge in [0, 0.05) is 5.92 Å². The van der Waals surface area contributed by atoms with E-state index < -0.39 is 0 Å². The van der Waals surface area contributed by atoms with E-state index in [2.05, 4.69) is 55.5 Å². The molecule has 1 atom stereocenters. The highest BCUT2D eigenvalue weighted by Gasteiger charge is 2.19. The van der Waals surface area contributed by atoms with Crippen molar-refractivity contribution in [2.75, 3.05) is 0 Å². The zero-order chi connectivity index (χ0) is 10.3. The summed E-state index contributed by atoms with van der Waals surface area (Å²) in [6, 6.07) is 8.69. The van der Waals surface area contributed by atoms with Crippen LogP contribution in [0.1, 0.15) is 18.1 Å². The number of hydrogen-bond acceptors (Lipinski definition) is 0. The molecule has 1 aromatic carbocycles. The van der Waals surface area contributed by atoms with Gasteiger partial charge in [0.25, 0.3) is 0 Å². The Labute approximate surface area is 90.6 Å². The molecule has 0 N–H and O–H groups in total. The maximum atomic E-state index is 2.33. The van der Waals surface area contributed by atoms with Crippen molar-refractivity contribution in [2.24, 2.45) is 5.92 Å². The maximum absolute atomic E-state index is 2.33. The molecule has 0 saturated carbocycles. The average Bonchev–Trinajstić information content (AvgIpc) is 2.26. The number of benzene rings is 1.